The number of nitrogens with one attached hydrogen (secondary N) is 1. The van der Waals surface area contributed by atoms with Gasteiger partial charge in [0.15, 0.2) is 0 Å². The number of pyridine rings is 1. The van der Waals surface area contributed by atoms with E-state index in [-0.39, 0.29) is 16.8 Å². The molecule has 1 unspecified atom stereocenters. The van der Waals surface area contributed by atoms with E-state index in [1.807, 2.05) is 0 Å². The van der Waals surface area contributed by atoms with Crippen LogP contribution in [-0.2, 0) is 0 Å². The van der Waals surface area contributed by atoms with Gasteiger partial charge in [-0.15, -0.1) is 0 Å². The maximum Gasteiger partial charge on any atom is 0.338 e. The molecule has 1 aromatic heterocycles. The van der Waals surface area contributed by atoms with Gasteiger partial charge in [0, 0.05) is 0 Å². The van der Waals surface area contributed by atoms with Crippen LogP contribution in [0.25, 0.3) is 0 Å². The third kappa shape index (κ3) is 1.58. The second kappa shape index (κ2) is 3.55. The van der Waals surface area contributed by atoms with Crippen LogP contribution in [0.2, 0.25) is 5.15 Å². The maximum atomic E-state index is 10.6. The molecule has 4 nitrogen and oxygen atoms in total. The lowest BCUT2D eigenvalue weighted by molar-refractivity contribution is 0.0696. The molecule has 0 spiro atoms. The van der Waals surface area contributed by atoms with Crippen molar-refractivity contribution in [2.24, 2.45) is 0 Å². The maximum absolute atomic E-state index is 10.6. The molecule has 0 amide bonds. The first kappa shape index (κ1) is 9.43. The van der Waals surface area contributed by atoms with Crippen LogP contribution < -0.4 is 5.32 Å². The summed E-state index contributed by atoms with van der Waals surface area (Å²) < 4.78 is 0. The summed E-state index contributed by atoms with van der Waals surface area (Å²) in [7, 11) is 0. The summed E-state index contributed by atoms with van der Waals surface area (Å²) in [6, 6.07) is 3.43. The molecular formula is C9H9ClN2O2. The highest BCUT2D eigenvalue weighted by Gasteiger charge is 2.21. The Labute approximate surface area is 85.9 Å². The molecule has 2 rings (SSSR count). The van der Waals surface area contributed by atoms with E-state index in [9.17, 15) is 4.79 Å². The van der Waals surface area contributed by atoms with Crippen LogP contribution in [0.5, 0.6) is 0 Å². The minimum Gasteiger partial charge on any atom is -0.478 e. The average molecular weight is 213 g/mol. The number of nitrogens with zero attached hydrogens (tertiary/aromatic N) is 1. The molecular weight excluding hydrogens is 204 g/mol. The van der Waals surface area contributed by atoms with Crippen LogP contribution in [0.3, 0.4) is 0 Å². The van der Waals surface area contributed by atoms with Crippen LogP contribution in [-0.4, -0.2) is 22.6 Å². The fraction of sp³-hybridized carbons (Fsp3) is 0.333. The number of carbonyl (C=O) groups is 1. The fourth-order valence-electron chi connectivity index (χ4n) is 1.34. The Morgan fingerprint density at radius 2 is 2.36 bits per heavy atom. The molecule has 1 fully saturated rings. The normalized spacial score (nSPS) is 20.2. The van der Waals surface area contributed by atoms with E-state index in [2.05, 4.69) is 10.3 Å². The number of rotatable bonds is 2. The van der Waals surface area contributed by atoms with Gasteiger partial charge in [-0.2, -0.15) is 0 Å². The van der Waals surface area contributed by atoms with Gasteiger partial charge in [-0.1, -0.05) is 11.6 Å². The Morgan fingerprint density at radius 3 is 2.79 bits per heavy atom. The van der Waals surface area contributed by atoms with E-state index in [1.54, 1.807) is 6.07 Å². The lowest BCUT2D eigenvalue weighted by atomic mass is 10.0. The zero-order chi connectivity index (χ0) is 10.1. The van der Waals surface area contributed by atoms with Crippen molar-refractivity contribution in [1.82, 2.24) is 10.3 Å². The smallest absolute Gasteiger partial charge is 0.338 e. The van der Waals surface area contributed by atoms with Crippen molar-refractivity contribution >= 4 is 17.6 Å². The van der Waals surface area contributed by atoms with Gasteiger partial charge in [-0.25, -0.2) is 9.78 Å². The number of halogens is 1. The Kier molecular flexibility index (Phi) is 2.39. The van der Waals surface area contributed by atoms with Gasteiger partial charge in [-0.3, -0.25) is 0 Å². The first-order valence-corrected chi connectivity index (χ1v) is 4.69. The number of aromatic nitrogens is 1. The molecule has 1 saturated heterocycles. The molecule has 1 aromatic rings. The van der Waals surface area contributed by atoms with Crippen LogP contribution in [0.15, 0.2) is 12.1 Å². The highest BCUT2D eigenvalue weighted by atomic mass is 35.5. The molecule has 0 saturated carbocycles. The predicted molar refractivity (Wildman–Crippen MR) is 51.6 cm³/mol. The lowest BCUT2D eigenvalue weighted by Crippen LogP contribution is -2.35. The van der Waals surface area contributed by atoms with Gasteiger partial charge in [0.25, 0.3) is 0 Å². The fourth-order valence-corrected chi connectivity index (χ4v) is 1.58. The third-order valence-electron chi connectivity index (χ3n) is 2.28. The van der Waals surface area contributed by atoms with Crippen molar-refractivity contribution in [3.63, 3.8) is 0 Å². The van der Waals surface area contributed by atoms with Crippen LogP contribution in [0, 0.1) is 0 Å². The van der Waals surface area contributed by atoms with Gasteiger partial charge >= 0.3 is 5.97 Å². The largest absolute Gasteiger partial charge is 0.478 e. The summed E-state index contributed by atoms with van der Waals surface area (Å²) in [5.74, 6) is -1.05. The number of hydrogen-bond donors (Lipinski definition) is 2. The SMILES string of the molecule is O=C(O)c1ccc(C2CCN2)nc1Cl. The van der Waals surface area contributed by atoms with Crippen LogP contribution in [0.1, 0.15) is 28.5 Å². The molecule has 1 atom stereocenters. The van der Waals surface area contributed by atoms with Gasteiger partial charge in [-0.05, 0) is 25.1 Å². The quantitative estimate of drug-likeness (QED) is 0.729. The molecule has 0 bridgehead atoms. The molecule has 2 N–H and O–H groups in total. The molecule has 1 aliphatic rings. The van der Waals surface area contributed by atoms with Gasteiger partial charge < -0.3 is 10.4 Å². The Morgan fingerprint density at radius 1 is 1.64 bits per heavy atom. The Bertz CT molecular complexity index is 377. The zero-order valence-corrected chi connectivity index (χ0v) is 8.08. The van der Waals surface area contributed by atoms with E-state index < -0.39 is 5.97 Å². The molecule has 74 valence electrons. The first-order chi connectivity index (χ1) is 6.68. The van der Waals surface area contributed by atoms with Crippen molar-refractivity contribution in [3.8, 4) is 0 Å². The minimum absolute atomic E-state index is 0.0507. The topological polar surface area (TPSA) is 62.2 Å². The molecule has 14 heavy (non-hydrogen) atoms. The van der Waals surface area contributed by atoms with Gasteiger partial charge in [0.2, 0.25) is 0 Å². The predicted octanol–water partition coefficient (Wildman–Crippen LogP) is 1.47. The minimum atomic E-state index is -1.05. The standard InChI is InChI=1S/C9H9ClN2O2/c10-8-5(9(13)14)1-2-7(12-8)6-3-4-11-6/h1-2,6,11H,3-4H2,(H,13,14). The second-order valence-corrected chi connectivity index (χ2v) is 3.53. The highest BCUT2D eigenvalue weighted by Crippen LogP contribution is 2.23. The van der Waals surface area contributed by atoms with E-state index in [1.165, 1.54) is 6.07 Å². The number of carboxylic acids is 1. The lowest BCUT2D eigenvalue weighted by Gasteiger charge is -2.27. The van der Waals surface area contributed by atoms with Crippen LogP contribution in [0.4, 0.5) is 0 Å². The van der Waals surface area contributed by atoms with E-state index >= 15 is 0 Å². The number of aromatic carboxylic acids is 1. The van der Waals surface area contributed by atoms with E-state index in [0.717, 1.165) is 18.7 Å². The highest BCUT2D eigenvalue weighted by molar-refractivity contribution is 6.32. The number of hydrogen-bond acceptors (Lipinski definition) is 3. The Balaban J connectivity index is 2.30. The van der Waals surface area contributed by atoms with E-state index in [0.29, 0.717) is 0 Å². The summed E-state index contributed by atoms with van der Waals surface area (Å²) in [6.45, 7) is 0.977. The molecule has 0 radical (unpaired) electrons. The summed E-state index contributed by atoms with van der Waals surface area (Å²) >= 11 is 5.73. The third-order valence-corrected chi connectivity index (χ3v) is 2.57. The zero-order valence-electron chi connectivity index (χ0n) is 7.33. The molecule has 2 heterocycles. The first-order valence-electron chi connectivity index (χ1n) is 4.31. The molecule has 1 aliphatic heterocycles. The van der Waals surface area contributed by atoms with Crippen molar-refractivity contribution in [2.45, 2.75) is 12.5 Å². The molecule has 0 aromatic carbocycles. The van der Waals surface area contributed by atoms with Crippen molar-refractivity contribution in [1.29, 1.82) is 0 Å². The molecule has 0 aliphatic carbocycles. The van der Waals surface area contributed by atoms with Crippen molar-refractivity contribution < 1.29 is 9.90 Å². The van der Waals surface area contributed by atoms with Gasteiger partial charge in [0.05, 0.1) is 17.3 Å². The number of carboxylic acid groups (broad SMARTS) is 1. The molecule has 5 heteroatoms. The second-order valence-electron chi connectivity index (χ2n) is 3.18. The Hall–Kier alpha value is -1.13. The summed E-state index contributed by atoms with van der Waals surface area (Å²) in [6.07, 6.45) is 1.02. The summed E-state index contributed by atoms with van der Waals surface area (Å²) in [5, 5.41) is 12.0. The van der Waals surface area contributed by atoms with Crippen molar-refractivity contribution in [2.75, 3.05) is 6.54 Å². The van der Waals surface area contributed by atoms with Crippen molar-refractivity contribution in [3.05, 3.63) is 28.5 Å². The summed E-state index contributed by atoms with van der Waals surface area (Å²) in [5.41, 5.74) is 0.862. The van der Waals surface area contributed by atoms with Gasteiger partial charge in [0.1, 0.15) is 5.15 Å². The monoisotopic (exact) mass is 212 g/mol. The summed E-state index contributed by atoms with van der Waals surface area (Å²) in [4.78, 5) is 14.7. The average Bonchev–Trinajstić information content (AvgIpc) is 2.00. The van der Waals surface area contributed by atoms with Crippen LogP contribution >= 0.6 is 11.6 Å². The van der Waals surface area contributed by atoms with E-state index in [4.69, 9.17) is 16.7 Å².